The maximum absolute atomic E-state index is 11.7. The first-order valence-corrected chi connectivity index (χ1v) is 9.82. The van der Waals surface area contributed by atoms with Gasteiger partial charge in [-0.05, 0) is 35.3 Å². The lowest BCUT2D eigenvalue weighted by Crippen LogP contribution is -2.25. The zero-order chi connectivity index (χ0) is 16.4. The molecular formula is C16H23N2O4S+. The highest BCUT2D eigenvalue weighted by Gasteiger charge is 2.41. The predicted octanol–water partition coefficient (Wildman–Crippen LogP) is 1.28. The Bertz CT molecular complexity index is 605. The van der Waals surface area contributed by atoms with Gasteiger partial charge in [0.25, 0.3) is 5.91 Å². The number of primary amides is 1. The molecule has 0 radical (unpaired) electrons. The van der Waals surface area contributed by atoms with Crippen molar-refractivity contribution in [3.63, 3.8) is 0 Å². The molecular weight excluding hydrogens is 316 g/mol. The van der Waals surface area contributed by atoms with E-state index in [4.69, 9.17) is 19.9 Å². The van der Waals surface area contributed by atoms with Crippen molar-refractivity contribution < 1.29 is 18.9 Å². The molecule has 0 bridgehead atoms. The summed E-state index contributed by atoms with van der Waals surface area (Å²) >= 11 is 0. The molecule has 0 aromatic heterocycles. The molecule has 1 amide bonds. The summed E-state index contributed by atoms with van der Waals surface area (Å²) in [6.45, 7) is 1.13. The Morgan fingerprint density at radius 2 is 2.04 bits per heavy atom. The van der Waals surface area contributed by atoms with Crippen LogP contribution in [0.5, 0.6) is 0 Å². The van der Waals surface area contributed by atoms with Gasteiger partial charge in [0.2, 0.25) is 0 Å². The monoisotopic (exact) mass is 339 g/mol. The molecule has 0 spiro atoms. The number of hydrogen-bond donors (Lipinski definition) is 1. The zero-order valence-corrected chi connectivity index (χ0v) is 14.0. The van der Waals surface area contributed by atoms with Crippen LogP contribution in [0, 0.1) is 0 Å². The Labute approximate surface area is 137 Å². The first-order valence-electron chi connectivity index (χ1n) is 7.72. The number of nitrogens with two attached hydrogens (primary N) is 1. The number of oxime groups is 1. The van der Waals surface area contributed by atoms with Crippen LogP contribution >= 0.6 is 10.3 Å². The molecule has 2 atom stereocenters. The Kier molecular flexibility index (Phi) is 4.61. The lowest BCUT2D eigenvalue weighted by molar-refractivity contribution is -0.112. The highest BCUT2D eigenvalue weighted by molar-refractivity contribution is 8.29. The Morgan fingerprint density at radius 1 is 1.35 bits per heavy atom. The molecule has 3 rings (SSSR count). The van der Waals surface area contributed by atoms with Crippen molar-refractivity contribution in [2.75, 3.05) is 19.5 Å². The van der Waals surface area contributed by atoms with Crippen molar-refractivity contribution in [3.05, 3.63) is 29.8 Å². The minimum Gasteiger partial charge on any atom is -0.392 e. The fourth-order valence-electron chi connectivity index (χ4n) is 2.59. The average molecular weight is 339 g/mol. The molecule has 1 heterocycles. The summed E-state index contributed by atoms with van der Waals surface area (Å²) in [5, 5.41) is 4.44. The smallest absolute Gasteiger partial charge is 0.271 e. The fraction of sp³-hybridized carbons (Fsp3) is 0.500. The minimum absolute atomic E-state index is 0.108. The molecule has 1 unspecified atom stereocenters. The van der Waals surface area contributed by atoms with Crippen molar-refractivity contribution in [1.29, 1.82) is 0 Å². The van der Waals surface area contributed by atoms with Gasteiger partial charge in [0.05, 0.1) is 23.4 Å². The third-order valence-electron chi connectivity index (χ3n) is 4.22. The third kappa shape index (κ3) is 3.68. The van der Waals surface area contributed by atoms with Crippen LogP contribution in [0.15, 0.2) is 34.3 Å². The highest BCUT2D eigenvalue weighted by atomic mass is 32.3. The Morgan fingerprint density at radius 3 is 2.57 bits per heavy atom. The summed E-state index contributed by atoms with van der Waals surface area (Å²) in [4.78, 5) is 18.0. The SMILES string of the molecule is CS([OH2+])(c1ccc(/C(=N\O[C@@H]2CCOC2)C(N)=O)cc1)C1CC1. The van der Waals surface area contributed by atoms with Crippen LogP contribution in [0.2, 0.25) is 0 Å². The van der Waals surface area contributed by atoms with Gasteiger partial charge in [-0.15, -0.1) is 0 Å². The van der Waals surface area contributed by atoms with E-state index in [9.17, 15) is 4.79 Å². The van der Waals surface area contributed by atoms with Crippen molar-refractivity contribution in [2.45, 2.75) is 35.5 Å². The van der Waals surface area contributed by atoms with Crippen LogP contribution in [0.4, 0.5) is 0 Å². The van der Waals surface area contributed by atoms with Gasteiger partial charge >= 0.3 is 0 Å². The molecule has 6 nitrogen and oxygen atoms in total. The molecule has 1 aliphatic heterocycles. The van der Waals surface area contributed by atoms with Crippen molar-refractivity contribution in [1.82, 2.24) is 0 Å². The standard InChI is InChI=1S/C16H22N2O4S/c1-23(20,14-6-7-14)13-4-2-11(3-5-13)15(16(17)19)18-22-12-8-9-21-10-12/h2-5,12,14,20H,6-10H2,1H3,(H2,17,19)/p+1/b18-15+/t12-/m1/s1. The molecule has 126 valence electrons. The molecule has 2 aliphatic rings. The maximum atomic E-state index is 11.7. The molecule has 1 aromatic rings. The van der Waals surface area contributed by atoms with Gasteiger partial charge in [0.1, 0.15) is 0 Å². The normalized spacial score (nSPS) is 25.7. The molecule has 7 heteroatoms. The average Bonchev–Trinajstić information content (AvgIpc) is 3.27. The van der Waals surface area contributed by atoms with Crippen molar-refractivity contribution >= 4 is 21.9 Å². The second-order valence-corrected chi connectivity index (χ2v) is 9.20. The third-order valence-corrected chi connectivity index (χ3v) is 7.28. The first-order chi connectivity index (χ1) is 11.0. The van der Waals surface area contributed by atoms with Crippen LogP contribution in [0.3, 0.4) is 0 Å². The quantitative estimate of drug-likeness (QED) is 0.480. The summed E-state index contributed by atoms with van der Waals surface area (Å²) in [5.41, 5.74) is 6.15. The molecule has 1 saturated heterocycles. The van der Waals surface area contributed by atoms with Gasteiger partial charge < -0.3 is 19.9 Å². The number of benzene rings is 1. The lowest BCUT2D eigenvalue weighted by atomic mass is 10.1. The highest BCUT2D eigenvalue weighted by Crippen LogP contribution is 2.61. The molecule has 1 aliphatic carbocycles. The molecule has 23 heavy (non-hydrogen) atoms. The van der Waals surface area contributed by atoms with Gasteiger partial charge in [-0.2, -0.15) is 0 Å². The summed E-state index contributed by atoms with van der Waals surface area (Å²) < 4.78 is 13.8. The lowest BCUT2D eigenvalue weighted by Gasteiger charge is -2.24. The van der Waals surface area contributed by atoms with Gasteiger partial charge in [-0.3, -0.25) is 4.79 Å². The Hall–Kier alpha value is -1.57. The van der Waals surface area contributed by atoms with E-state index in [0.29, 0.717) is 24.0 Å². The maximum Gasteiger partial charge on any atom is 0.271 e. The van der Waals surface area contributed by atoms with E-state index in [1.54, 1.807) is 12.1 Å². The van der Waals surface area contributed by atoms with Crippen LogP contribution in [-0.2, 0) is 14.4 Å². The fourth-order valence-corrected chi connectivity index (χ4v) is 4.76. The van der Waals surface area contributed by atoms with Crippen LogP contribution in [0.1, 0.15) is 24.8 Å². The first kappa shape index (κ1) is 16.3. The second-order valence-electron chi connectivity index (χ2n) is 6.10. The topological polar surface area (TPSA) is 96.8 Å². The Balaban J connectivity index is 1.77. The predicted molar refractivity (Wildman–Crippen MR) is 90.9 cm³/mol. The number of nitrogens with zero attached hydrogens (tertiary/aromatic N) is 1. The van der Waals surface area contributed by atoms with E-state index < -0.39 is 16.2 Å². The van der Waals surface area contributed by atoms with E-state index in [1.165, 1.54) is 0 Å². The largest absolute Gasteiger partial charge is 0.392 e. The summed E-state index contributed by atoms with van der Waals surface area (Å²) in [6, 6.07) is 7.42. The van der Waals surface area contributed by atoms with Crippen LogP contribution < -0.4 is 5.73 Å². The number of amides is 1. The van der Waals surface area contributed by atoms with Gasteiger partial charge in [0, 0.05) is 18.2 Å². The van der Waals surface area contributed by atoms with Gasteiger partial charge in [0.15, 0.2) is 11.8 Å². The van der Waals surface area contributed by atoms with E-state index >= 15 is 0 Å². The molecule has 1 saturated carbocycles. The van der Waals surface area contributed by atoms with Crippen LogP contribution in [0.25, 0.3) is 0 Å². The number of ether oxygens (including phenoxy) is 1. The second kappa shape index (κ2) is 6.51. The zero-order valence-electron chi connectivity index (χ0n) is 13.2. The molecule has 4 N–H and O–H groups in total. The van der Waals surface area contributed by atoms with E-state index in [-0.39, 0.29) is 11.8 Å². The number of carbonyl (C=O) groups excluding carboxylic acids is 1. The minimum atomic E-state index is -1.51. The van der Waals surface area contributed by atoms with E-state index in [2.05, 4.69) is 5.16 Å². The number of hydrogen-bond acceptors (Lipinski definition) is 4. The number of rotatable bonds is 6. The van der Waals surface area contributed by atoms with Gasteiger partial charge in [-0.1, -0.05) is 17.3 Å². The van der Waals surface area contributed by atoms with E-state index in [0.717, 1.165) is 24.2 Å². The van der Waals surface area contributed by atoms with Crippen molar-refractivity contribution in [2.24, 2.45) is 10.9 Å². The van der Waals surface area contributed by atoms with Crippen LogP contribution in [-0.4, -0.2) is 47.0 Å². The van der Waals surface area contributed by atoms with Gasteiger partial charge in [-0.25, -0.2) is 0 Å². The van der Waals surface area contributed by atoms with E-state index in [1.807, 2.05) is 18.4 Å². The molecule has 2 fully saturated rings. The number of carbonyl (C=O) groups is 1. The summed E-state index contributed by atoms with van der Waals surface area (Å²) in [5.74, 6) is -0.625. The summed E-state index contributed by atoms with van der Waals surface area (Å²) in [7, 11) is -1.51. The summed E-state index contributed by atoms with van der Waals surface area (Å²) in [6.07, 6.45) is 4.94. The van der Waals surface area contributed by atoms with Crippen molar-refractivity contribution in [3.8, 4) is 0 Å². The molecule has 1 aromatic carbocycles.